The number of carboxylic acid groups (broad SMARTS) is 1. The molecule has 0 aromatic carbocycles. The second-order valence-electron chi connectivity index (χ2n) is 4.82. The van der Waals surface area contributed by atoms with Crippen LogP contribution < -0.4 is 10.0 Å². The Bertz CT molecular complexity index is 652. The molecule has 3 N–H and O–H groups in total. The Morgan fingerprint density at radius 2 is 2.05 bits per heavy atom. The Morgan fingerprint density at radius 1 is 1.38 bits per heavy atom. The van der Waals surface area contributed by atoms with E-state index in [4.69, 9.17) is 5.11 Å². The molecule has 1 amide bonds. The van der Waals surface area contributed by atoms with E-state index in [2.05, 4.69) is 15.0 Å². The van der Waals surface area contributed by atoms with E-state index >= 15 is 0 Å². The zero-order chi connectivity index (χ0) is 15.6. The molecule has 9 heteroatoms. The van der Waals surface area contributed by atoms with Crippen molar-refractivity contribution in [3.8, 4) is 0 Å². The Labute approximate surface area is 121 Å². The SMILES string of the molecule is CC(NS(=O)(=O)c1ccc(C(=O)O)cn1)C(=O)NC1CC1. The summed E-state index contributed by atoms with van der Waals surface area (Å²) in [5.41, 5.74) is -0.117. The van der Waals surface area contributed by atoms with Crippen LogP contribution in [0.5, 0.6) is 0 Å². The van der Waals surface area contributed by atoms with Crippen LogP contribution in [0.25, 0.3) is 0 Å². The lowest BCUT2D eigenvalue weighted by atomic mass is 10.3. The highest BCUT2D eigenvalue weighted by Crippen LogP contribution is 2.18. The molecule has 1 saturated carbocycles. The van der Waals surface area contributed by atoms with Gasteiger partial charge < -0.3 is 10.4 Å². The topological polar surface area (TPSA) is 125 Å². The molecule has 1 heterocycles. The molecule has 0 aliphatic heterocycles. The third-order valence-corrected chi connectivity index (χ3v) is 4.36. The van der Waals surface area contributed by atoms with Crippen LogP contribution >= 0.6 is 0 Å². The summed E-state index contributed by atoms with van der Waals surface area (Å²) in [5.74, 6) is -1.60. The number of aromatic nitrogens is 1. The van der Waals surface area contributed by atoms with Gasteiger partial charge in [0, 0.05) is 12.2 Å². The van der Waals surface area contributed by atoms with E-state index in [-0.39, 0.29) is 16.6 Å². The lowest BCUT2D eigenvalue weighted by molar-refractivity contribution is -0.122. The highest BCUT2D eigenvalue weighted by Gasteiger charge is 2.28. The molecule has 1 aromatic heterocycles. The number of carbonyl (C=O) groups excluding carboxylic acids is 1. The van der Waals surface area contributed by atoms with E-state index in [1.165, 1.54) is 6.92 Å². The molecule has 1 aliphatic rings. The van der Waals surface area contributed by atoms with E-state index in [1.807, 2.05) is 0 Å². The first-order valence-electron chi connectivity index (χ1n) is 6.31. The third kappa shape index (κ3) is 3.99. The number of nitrogens with one attached hydrogen (secondary N) is 2. The smallest absolute Gasteiger partial charge is 0.337 e. The minimum Gasteiger partial charge on any atom is -0.478 e. The van der Waals surface area contributed by atoms with E-state index in [1.54, 1.807) is 0 Å². The van der Waals surface area contributed by atoms with E-state index < -0.39 is 27.9 Å². The summed E-state index contributed by atoms with van der Waals surface area (Å²) in [5, 5.41) is 11.1. The molecule has 1 fully saturated rings. The molecule has 0 bridgehead atoms. The lowest BCUT2D eigenvalue weighted by Gasteiger charge is -2.13. The first kappa shape index (κ1) is 15.4. The molecule has 2 rings (SSSR count). The predicted molar refractivity (Wildman–Crippen MR) is 72.1 cm³/mol. The molecule has 1 aliphatic carbocycles. The van der Waals surface area contributed by atoms with Gasteiger partial charge in [-0.15, -0.1) is 0 Å². The largest absolute Gasteiger partial charge is 0.478 e. The number of amides is 1. The van der Waals surface area contributed by atoms with Crippen LogP contribution in [-0.2, 0) is 14.8 Å². The molecule has 0 spiro atoms. The van der Waals surface area contributed by atoms with Gasteiger partial charge in [-0.05, 0) is 31.9 Å². The van der Waals surface area contributed by atoms with Gasteiger partial charge in [-0.2, -0.15) is 4.72 Å². The second kappa shape index (κ2) is 5.78. The lowest BCUT2D eigenvalue weighted by Crippen LogP contribution is -2.45. The van der Waals surface area contributed by atoms with Crippen LogP contribution in [0.15, 0.2) is 23.4 Å². The van der Waals surface area contributed by atoms with Crippen LogP contribution in [0.3, 0.4) is 0 Å². The van der Waals surface area contributed by atoms with Crippen molar-refractivity contribution >= 4 is 21.9 Å². The molecule has 1 atom stereocenters. The van der Waals surface area contributed by atoms with Gasteiger partial charge in [-0.25, -0.2) is 18.2 Å². The molecule has 1 aromatic rings. The van der Waals surface area contributed by atoms with E-state index in [0.29, 0.717) is 0 Å². The molecule has 8 nitrogen and oxygen atoms in total. The van der Waals surface area contributed by atoms with Crippen molar-refractivity contribution in [2.24, 2.45) is 0 Å². The van der Waals surface area contributed by atoms with Crippen molar-refractivity contribution in [2.45, 2.75) is 36.9 Å². The van der Waals surface area contributed by atoms with Crippen LogP contribution in [0.1, 0.15) is 30.1 Å². The summed E-state index contributed by atoms with van der Waals surface area (Å²) in [6.45, 7) is 1.43. The maximum atomic E-state index is 12.0. The molecule has 114 valence electrons. The summed E-state index contributed by atoms with van der Waals surface area (Å²) < 4.78 is 26.3. The minimum absolute atomic E-state index is 0.117. The van der Waals surface area contributed by atoms with Crippen LogP contribution in [-0.4, -0.2) is 42.5 Å². The quantitative estimate of drug-likeness (QED) is 0.663. The Hall–Kier alpha value is -2.00. The fourth-order valence-electron chi connectivity index (χ4n) is 1.57. The van der Waals surface area contributed by atoms with Gasteiger partial charge >= 0.3 is 5.97 Å². The maximum Gasteiger partial charge on any atom is 0.337 e. The van der Waals surface area contributed by atoms with E-state index in [0.717, 1.165) is 31.2 Å². The van der Waals surface area contributed by atoms with Gasteiger partial charge in [-0.1, -0.05) is 0 Å². The van der Waals surface area contributed by atoms with E-state index in [9.17, 15) is 18.0 Å². The van der Waals surface area contributed by atoms with Crippen molar-refractivity contribution < 1.29 is 23.1 Å². The van der Waals surface area contributed by atoms with Gasteiger partial charge in [0.15, 0.2) is 5.03 Å². The first-order valence-corrected chi connectivity index (χ1v) is 7.80. The number of rotatable bonds is 6. The van der Waals surface area contributed by atoms with Crippen molar-refractivity contribution in [3.63, 3.8) is 0 Å². The fourth-order valence-corrected chi connectivity index (χ4v) is 2.70. The average Bonchev–Trinajstić information content (AvgIpc) is 3.22. The fraction of sp³-hybridized carbons (Fsp3) is 0.417. The number of sulfonamides is 1. The van der Waals surface area contributed by atoms with Gasteiger partial charge in [0.25, 0.3) is 10.0 Å². The van der Waals surface area contributed by atoms with Gasteiger partial charge in [0.2, 0.25) is 5.91 Å². The number of nitrogens with zero attached hydrogens (tertiary/aromatic N) is 1. The van der Waals surface area contributed by atoms with Crippen LogP contribution in [0, 0.1) is 0 Å². The van der Waals surface area contributed by atoms with Crippen molar-refractivity contribution in [1.82, 2.24) is 15.0 Å². The predicted octanol–water partition coefficient (Wildman–Crippen LogP) is -0.275. The number of aromatic carboxylic acids is 1. The maximum absolute atomic E-state index is 12.0. The zero-order valence-electron chi connectivity index (χ0n) is 11.2. The Morgan fingerprint density at radius 3 is 2.52 bits per heavy atom. The number of carbonyl (C=O) groups is 2. The summed E-state index contributed by atoms with van der Waals surface area (Å²) in [7, 11) is -3.98. The van der Waals surface area contributed by atoms with Crippen molar-refractivity contribution in [2.75, 3.05) is 0 Å². The summed E-state index contributed by atoms with van der Waals surface area (Å²) in [4.78, 5) is 26.0. The summed E-state index contributed by atoms with van der Waals surface area (Å²) >= 11 is 0. The number of hydrogen-bond donors (Lipinski definition) is 3. The number of hydrogen-bond acceptors (Lipinski definition) is 5. The molecular formula is C12H15N3O5S. The van der Waals surface area contributed by atoms with Crippen LogP contribution in [0.2, 0.25) is 0 Å². The van der Waals surface area contributed by atoms with Gasteiger partial charge in [0.05, 0.1) is 11.6 Å². The average molecular weight is 313 g/mol. The standard InChI is InChI=1S/C12H15N3O5S/c1-7(11(16)14-9-3-4-9)15-21(19,20)10-5-2-8(6-13-10)12(17)18/h2,5-7,9,15H,3-4H2,1H3,(H,14,16)(H,17,18). The Balaban J connectivity index is 2.06. The molecule has 1 unspecified atom stereocenters. The van der Waals surface area contributed by atoms with Crippen LogP contribution in [0.4, 0.5) is 0 Å². The zero-order valence-corrected chi connectivity index (χ0v) is 12.1. The Kier molecular flexibility index (Phi) is 4.24. The first-order chi connectivity index (χ1) is 9.79. The molecule has 21 heavy (non-hydrogen) atoms. The second-order valence-corrected chi connectivity index (χ2v) is 6.48. The summed E-state index contributed by atoms with van der Waals surface area (Å²) in [6, 6.07) is 1.42. The highest BCUT2D eigenvalue weighted by atomic mass is 32.2. The highest BCUT2D eigenvalue weighted by molar-refractivity contribution is 7.89. The normalized spacial score (nSPS) is 16.2. The van der Waals surface area contributed by atoms with Crippen molar-refractivity contribution in [1.29, 1.82) is 0 Å². The van der Waals surface area contributed by atoms with Gasteiger partial charge in [0.1, 0.15) is 0 Å². The third-order valence-electron chi connectivity index (χ3n) is 2.91. The summed E-state index contributed by atoms with van der Waals surface area (Å²) in [6.07, 6.45) is 2.76. The van der Waals surface area contributed by atoms with Gasteiger partial charge in [-0.3, -0.25) is 4.79 Å². The molecule has 0 radical (unpaired) electrons. The monoisotopic (exact) mass is 313 g/mol. The minimum atomic E-state index is -3.98. The number of pyridine rings is 1. The van der Waals surface area contributed by atoms with Crippen molar-refractivity contribution in [3.05, 3.63) is 23.9 Å². The number of carboxylic acids is 1. The molecule has 0 saturated heterocycles. The molecular weight excluding hydrogens is 298 g/mol.